The minimum Gasteiger partial charge on any atom is -0.356 e. The van der Waals surface area contributed by atoms with Crippen LogP contribution in [-0.4, -0.2) is 68.7 Å². The lowest BCUT2D eigenvalue weighted by molar-refractivity contribution is 0.282. The summed E-state index contributed by atoms with van der Waals surface area (Å²) in [7, 11) is 1.85. The van der Waals surface area contributed by atoms with E-state index in [0.29, 0.717) is 0 Å². The highest BCUT2D eigenvalue weighted by atomic mass is 32.1. The molecule has 0 unspecified atom stereocenters. The van der Waals surface area contributed by atoms with Crippen LogP contribution in [0.3, 0.4) is 0 Å². The lowest BCUT2D eigenvalue weighted by Crippen LogP contribution is -2.39. The van der Waals surface area contributed by atoms with E-state index in [1.54, 1.807) is 11.3 Å². The molecule has 0 aliphatic carbocycles. The van der Waals surface area contributed by atoms with Crippen molar-refractivity contribution in [1.29, 1.82) is 0 Å². The second-order valence-corrected chi connectivity index (χ2v) is 8.44. The second kappa shape index (κ2) is 11.5. The van der Waals surface area contributed by atoms with E-state index in [2.05, 4.69) is 30.8 Å². The molecule has 0 aromatic carbocycles. The molecular formula is C20H36N6S. The monoisotopic (exact) mass is 392 g/mol. The molecule has 152 valence electrons. The molecule has 6 nitrogen and oxygen atoms in total. The number of aromatic nitrogens is 1. The molecule has 0 saturated carbocycles. The van der Waals surface area contributed by atoms with Gasteiger partial charge in [-0.05, 0) is 51.7 Å². The van der Waals surface area contributed by atoms with Gasteiger partial charge in [0.15, 0.2) is 11.1 Å². The Kier molecular flexibility index (Phi) is 8.68. The standard InChI is InChI=1S/C20H36N6S/c1-21-19(22-10-8-14-25-12-4-2-3-5-13-25)23-11-9-18-17-27-20(24-18)26-15-6-7-16-26/h17H,2-16H2,1H3,(H2,21,22,23). The number of anilines is 1. The second-order valence-electron chi connectivity index (χ2n) is 7.60. The van der Waals surface area contributed by atoms with E-state index in [4.69, 9.17) is 4.98 Å². The highest BCUT2D eigenvalue weighted by Gasteiger charge is 2.15. The maximum atomic E-state index is 4.79. The van der Waals surface area contributed by atoms with Crippen molar-refractivity contribution in [2.45, 2.75) is 51.4 Å². The van der Waals surface area contributed by atoms with Crippen LogP contribution in [0.15, 0.2) is 10.4 Å². The Morgan fingerprint density at radius 2 is 1.74 bits per heavy atom. The van der Waals surface area contributed by atoms with Gasteiger partial charge in [-0.3, -0.25) is 4.99 Å². The number of nitrogens with one attached hydrogen (secondary N) is 2. The molecule has 2 aliphatic heterocycles. The van der Waals surface area contributed by atoms with Gasteiger partial charge in [0.25, 0.3) is 0 Å². The van der Waals surface area contributed by atoms with Gasteiger partial charge in [0.05, 0.1) is 5.69 Å². The van der Waals surface area contributed by atoms with Crippen molar-refractivity contribution < 1.29 is 0 Å². The Bertz CT molecular complexity index is 559. The van der Waals surface area contributed by atoms with E-state index < -0.39 is 0 Å². The van der Waals surface area contributed by atoms with Gasteiger partial charge in [0.2, 0.25) is 0 Å². The molecule has 1 aromatic heterocycles. The Hall–Kier alpha value is -1.34. The van der Waals surface area contributed by atoms with Gasteiger partial charge in [-0.15, -0.1) is 11.3 Å². The molecule has 2 fully saturated rings. The first kappa shape index (κ1) is 20.4. The molecule has 0 amide bonds. The van der Waals surface area contributed by atoms with E-state index in [1.165, 1.54) is 88.5 Å². The number of rotatable bonds is 8. The van der Waals surface area contributed by atoms with Crippen LogP contribution < -0.4 is 15.5 Å². The van der Waals surface area contributed by atoms with Gasteiger partial charge in [0.1, 0.15) is 0 Å². The summed E-state index contributed by atoms with van der Waals surface area (Å²) in [6.07, 6.45) is 10.3. The van der Waals surface area contributed by atoms with E-state index in [1.807, 2.05) is 7.05 Å². The van der Waals surface area contributed by atoms with Crippen molar-refractivity contribution in [3.63, 3.8) is 0 Å². The molecule has 27 heavy (non-hydrogen) atoms. The Balaban J connectivity index is 1.28. The predicted octanol–water partition coefficient (Wildman–Crippen LogP) is 2.72. The first-order valence-corrected chi connectivity index (χ1v) is 11.6. The van der Waals surface area contributed by atoms with Crippen LogP contribution in [0.5, 0.6) is 0 Å². The smallest absolute Gasteiger partial charge is 0.190 e. The van der Waals surface area contributed by atoms with Crippen LogP contribution in [0.4, 0.5) is 5.13 Å². The van der Waals surface area contributed by atoms with Crippen molar-refractivity contribution in [2.75, 3.05) is 57.8 Å². The number of aliphatic imine (C=N–C) groups is 1. The first-order chi connectivity index (χ1) is 13.3. The lowest BCUT2D eigenvalue weighted by atomic mass is 10.2. The lowest BCUT2D eigenvalue weighted by Gasteiger charge is -2.20. The summed E-state index contributed by atoms with van der Waals surface area (Å²) in [6.45, 7) is 7.93. The number of nitrogens with zero attached hydrogens (tertiary/aromatic N) is 4. The quantitative estimate of drug-likeness (QED) is 0.405. The van der Waals surface area contributed by atoms with Gasteiger partial charge in [-0.1, -0.05) is 12.8 Å². The molecule has 0 spiro atoms. The average molecular weight is 393 g/mol. The van der Waals surface area contributed by atoms with Crippen molar-refractivity contribution >= 4 is 22.4 Å². The normalized spacial score (nSPS) is 19.3. The highest BCUT2D eigenvalue weighted by molar-refractivity contribution is 7.13. The van der Waals surface area contributed by atoms with Gasteiger partial charge < -0.3 is 20.4 Å². The molecule has 2 aliphatic rings. The van der Waals surface area contributed by atoms with Crippen LogP contribution >= 0.6 is 11.3 Å². The van der Waals surface area contributed by atoms with Gasteiger partial charge >= 0.3 is 0 Å². The summed E-state index contributed by atoms with van der Waals surface area (Å²) in [5.74, 6) is 0.904. The molecule has 0 atom stereocenters. The molecule has 7 heteroatoms. The molecule has 2 N–H and O–H groups in total. The minimum atomic E-state index is 0.870. The molecule has 1 aromatic rings. The van der Waals surface area contributed by atoms with Crippen LogP contribution in [-0.2, 0) is 6.42 Å². The molecule has 0 bridgehead atoms. The predicted molar refractivity (Wildman–Crippen MR) is 116 cm³/mol. The van der Waals surface area contributed by atoms with E-state index in [0.717, 1.165) is 25.5 Å². The van der Waals surface area contributed by atoms with Gasteiger partial charge in [0, 0.05) is 45.0 Å². The summed E-state index contributed by atoms with van der Waals surface area (Å²) in [4.78, 5) is 14.2. The van der Waals surface area contributed by atoms with E-state index in [9.17, 15) is 0 Å². The van der Waals surface area contributed by atoms with Crippen molar-refractivity contribution in [3.05, 3.63) is 11.1 Å². The van der Waals surface area contributed by atoms with Crippen LogP contribution in [0.25, 0.3) is 0 Å². The number of guanidine groups is 1. The number of hydrogen-bond donors (Lipinski definition) is 2. The zero-order chi connectivity index (χ0) is 18.7. The summed E-state index contributed by atoms with van der Waals surface area (Å²) in [5, 5.41) is 10.3. The fourth-order valence-corrected chi connectivity index (χ4v) is 4.78. The van der Waals surface area contributed by atoms with E-state index >= 15 is 0 Å². The summed E-state index contributed by atoms with van der Waals surface area (Å²) < 4.78 is 0. The van der Waals surface area contributed by atoms with Gasteiger partial charge in [-0.2, -0.15) is 0 Å². The molecule has 3 heterocycles. The zero-order valence-electron chi connectivity index (χ0n) is 16.9. The maximum Gasteiger partial charge on any atom is 0.190 e. The van der Waals surface area contributed by atoms with Crippen molar-refractivity contribution in [3.8, 4) is 0 Å². The van der Waals surface area contributed by atoms with Gasteiger partial charge in [-0.25, -0.2) is 4.98 Å². The topological polar surface area (TPSA) is 55.8 Å². The summed E-state index contributed by atoms with van der Waals surface area (Å²) in [5.41, 5.74) is 1.19. The van der Waals surface area contributed by atoms with Crippen molar-refractivity contribution in [2.24, 2.45) is 4.99 Å². The zero-order valence-corrected chi connectivity index (χ0v) is 17.7. The average Bonchev–Trinajstić information content (AvgIpc) is 3.31. The Morgan fingerprint density at radius 3 is 2.48 bits per heavy atom. The summed E-state index contributed by atoms with van der Waals surface area (Å²) in [6, 6.07) is 0. The summed E-state index contributed by atoms with van der Waals surface area (Å²) >= 11 is 1.78. The van der Waals surface area contributed by atoms with Crippen molar-refractivity contribution in [1.82, 2.24) is 20.5 Å². The third-order valence-corrected chi connectivity index (χ3v) is 6.41. The van der Waals surface area contributed by atoms with Crippen LogP contribution in [0.1, 0.15) is 50.6 Å². The molecule has 2 saturated heterocycles. The van der Waals surface area contributed by atoms with E-state index in [-0.39, 0.29) is 0 Å². The third-order valence-electron chi connectivity index (χ3n) is 5.46. The Morgan fingerprint density at radius 1 is 1.04 bits per heavy atom. The number of thiazole rings is 1. The number of hydrogen-bond acceptors (Lipinski definition) is 5. The minimum absolute atomic E-state index is 0.870. The van der Waals surface area contributed by atoms with Crippen LogP contribution in [0, 0.1) is 0 Å². The fraction of sp³-hybridized carbons (Fsp3) is 0.800. The highest BCUT2D eigenvalue weighted by Crippen LogP contribution is 2.24. The molecular weight excluding hydrogens is 356 g/mol. The number of likely N-dealkylation sites (tertiary alicyclic amines) is 1. The SMILES string of the molecule is CN=C(NCCCN1CCCCCC1)NCCc1csc(N2CCCC2)n1. The fourth-order valence-electron chi connectivity index (χ4n) is 3.86. The molecule has 3 rings (SSSR count). The third kappa shape index (κ3) is 6.96. The van der Waals surface area contributed by atoms with Crippen LogP contribution in [0.2, 0.25) is 0 Å². The Labute approximate surface area is 168 Å². The maximum absolute atomic E-state index is 4.79. The largest absolute Gasteiger partial charge is 0.356 e. The molecule has 0 radical (unpaired) electrons. The first-order valence-electron chi connectivity index (χ1n) is 10.7.